The molecule has 2 heterocycles. The lowest BCUT2D eigenvalue weighted by Crippen LogP contribution is -2.11. The number of nitrogens with two attached hydrogens (primary N) is 1. The Bertz CT molecular complexity index is 1220. The topological polar surface area (TPSA) is 98.0 Å². The van der Waals surface area contributed by atoms with Gasteiger partial charge < -0.3 is 5.32 Å². The van der Waals surface area contributed by atoms with Crippen molar-refractivity contribution in [2.75, 3.05) is 5.32 Å². The Morgan fingerprint density at radius 3 is 2.48 bits per heavy atom. The van der Waals surface area contributed by atoms with E-state index in [0.717, 1.165) is 19.4 Å². The molecule has 0 aliphatic rings. The van der Waals surface area contributed by atoms with Gasteiger partial charge in [0.15, 0.2) is 5.82 Å². The molecule has 0 radical (unpaired) electrons. The quantitative estimate of drug-likeness (QED) is 0.400. The predicted molar refractivity (Wildman–Crippen MR) is 117 cm³/mol. The normalized spacial score (nSPS) is 11.6. The molecule has 0 aliphatic carbocycles. The van der Waals surface area contributed by atoms with Gasteiger partial charge in [0.25, 0.3) is 0 Å². The first-order chi connectivity index (χ1) is 12.9. The summed E-state index contributed by atoms with van der Waals surface area (Å²) in [5.74, 6) is 1.30. The average Bonchev–Trinajstić information content (AvgIpc) is 3.16. The molecular weight excluding hydrogens is 495 g/mol. The zero-order chi connectivity index (χ0) is 19.0. The van der Waals surface area contributed by atoms with E-state index in [1.54, 1.807) is 23.5 Å². The molecule has 0 amide bonds. The number of hydrogen-bond donors (Lipinski definition) is 2. The molecule has 0 saturated heterocycles. The number of anilines is 2. The summed E-state index contributed by atoms with van der Waals surface area (Å²) in [4.78, 5) is 10.4. The van der Waals surface area contributed by atoms with Crippen LogP contribution >= 0.6 is 33.9 Å². The fraction of sp³-hybridized carbons (Fsp3) is 0. The van der Waals surface area contributed by atoms with Crippen LogP contribution in [0.3, 0.4) is 0 Å². The van der Waals surface area contributed by atoms with Crippen molar-refractivity contribution in [2.24, 2.45) is 5.14 Å². The standard InChI is InChI=1S/C18H13IN4O2S2/c19-11-3-8-15-14(10-11)17(23-18(22-15)16-2-1-9-26-16)21-12-4-6-13(7-5-12)27(20,24)25/h1-10H,(H2,20,24,25)(H,21,22,23). The van der Waals surface area contributed by atoms with Gasteiger partial charge in [-0.3, -0.25) is 0 Å². The first-order valence-electron chi connectivity index (χ1n) is 7.81. The summed E-state index contributed by atoms with van der Waals surface area (Å²) in [7, 11) is -3.72. The van der Waals surface area contributed by atoms with E-state index in [2.05, 4.69) is 32.9 Å². The summed E-state index contributed by atoms with van der Waals surface area (Å²) in [5.41, 5.74) is 1.54. The summed E-state index contributed by atoms with van der Waals surface area (Å²) in [6.45, 7) is 0. The third-order valence-electron chi connectivity index (χ3n) is 3.84. The second-order valence-electron chi connectivity index (χ2n) is 5.73. The van der Waals surface area contributed by atoms with E-state index in [9.17, 15) is 8.42 Å². The van der Waals surface area contributed by atoms with E-state index in [4.69, 9.17) is 10.1 Å². The minimum atomic E-state index is -3.72. The molecule has 0 atom stereocenters. The zero-order valence-electron chi connectivity index (χ0n) is 13.8. The van der Waals surface area contributed by atoms with Crippen LogP contribution in [0.5, 0.6) is 0 Å². The van der Waals surface area contributed by atoms with E-state index < -0.39 is 10.0 Å². The number of rotatable bonds is 4. The SMILES string of the molecule is NS(=O)(=O)c1ccc(Nc2nc(-c3cccs3)nc3ccc(I)cc23)cc1. The number of sulfonamides is 1. The number of fused-ring (bicyclic) bond motifs is 1. The Balaban J connectivity index is 1.81. The van der Waals surface area contributed by atoms with E-state index in [-0.39, 0.29) is 4.90 Å². The molecule has 136 valence electrons. The molecule has 0 fully saturated rings. The van der Waals surface area contributed by atoms with Crippen LogP contribution in [-0.4, -0.2) is 18.4 Å². The molecule has 4 aromatic rings. The Hall–Kier alpha value is -2.08. The second kappa shape index (κ2) is 7.15. The van der Waals surface area contributed by atoms with E-state index >= 15 is 0 Å². The van der Waals surface area contributed by atoms with Gasteiger partial charge in [-0.1, -0.05) is 6.07 Å². The summed E-state index contributed by atoms with van der Waals surface area (Å²) in [6, 6.07) is 16.2. The Kier molecular flexibility index (Phi) is 4.84. The van der Waals surface area contributed by atoms with Crippen LogP contribution in [0.15, 0.2) is 64.9 Å². The lowest BCUT2D eigenvalue weighted by atomic mass is 10.2. The minimum Gasteiger partial charge on any atom is -0.340 e. The Morgan fingerprint density at radius 1 is 1.04 bits per heavy atom. The highest BCUT2D eigenvalue weighted by atomic mass is 127. The molecule has 2 aromatic heterocycles. The van der Waals surface area contributed by atoms with Crippen molar-refractivity contribution in [2.45, 2.75) is 4.90 Å². The van der Waals surface area contributed by atoms with Crippen molar-refractivity contribution in [3.8, 4) is 10.7 Å². The fourth-order valence-electron chi connectivity index (χ4n) is 2.58. The van der Waals surface area contributed by atoms with Crippen LogP contribution in [0.25, 0.3) is 21.6 Å². The van der Waals surface area contributed by atoms with E-state index in [1.165, 1.54) is 12.1 Å². The maximum atomic E-state index is 11.4. The van der Waals surface area contributed by atoms with Crippen LogP contribution in [0.1, 0.15) is 0 Å². The van der Waals surface area contributed by atoms with Crippen LogP contribution in [-0.2, 0) is 10.0 Å². The van der Waals surface area contributed by atoms with Crippen molar-refractivity contribution in [3.63, 3.8) is 0 Å². The van der Waals surface area contributed by atoms with Crippen molar-refractivity contribution in [3.05, 3.63) is 63.5 Å². The molecule has 0 saturated carbocycles. The number of primary sulfonamides is 1. The molecule has 6 nitrogen and oxygen atoms in total. The van der Waals surface area contributed by atoms with Crippen LogP contribution in [0.4, 0.5) is 11.5 Å². The van der Waals surface area contributed by atoms with Gasteiger partial charge in [0.2, 0.25) is 10.0 Å². The summed E-state index contributed by atoms with van der Waals surface area (Å²) >= 11 is 3.82. The highest BCUT2D eigenvalue weighted by Gasteiger charge is 2.12. The molecule has 4 rings (SSSR count). The predicted octanol–water partition coefficient (Wildman–Crippen LogP) is 4.35. The van der Waals surface area contributed by atoms with Crippen molar-refractivity contribution in [1.29, 1.82) is 0 Å². The zero-order valence-corrected chi connectivity index (χ0v) is 17.5. The Morgan fingerprint density at radius 2 is 1.81 bits per heavy atom. The monoisotopic (exact) mass is 508 g/mol. The molecule has 2 aromatic carbocycles. The summed E-state index contributed by atoms with van der Waals surface area (Å²) in [5, 5.41) is 11.3. The number of nitrogens with zero attached hydrogens (tertiary/aromatic N) is 2. The van der Waals surface area contributed by atoms with Crippen LogP contribution in [0.2, 0.25) is 0 Å². The number of benzene rings is 2. The van der Waals surface area contributed by atoms with Crippen LogP contribution in [0, 0.1) is 3.57 Å². The minimum absolute atomic E-state index is 0.0643. The van der Waals surface area contributed by atoms with Crippen molar-refractivity contribution < 1.29 is 8.42 Å². The second-order valence-corrected chi connectivity index (χ2v) is 9.48. The lowest BCUT2D eigenvalue weighted by Gasteiger charge is -2.11. The van der Waals surface area contributed by atoms with Gasteiger partial charge in [0, 0.05) is 14.6 Å². The summed E-state index contributed by atoms with van der Waals surface area (Å²) in [6.07, 6.45) is 0. The highest BCUT2D eigenvalue weighted by molar-refractivity contribution is 14.1. The molecule has 0 spiro atoms. The largest absolute Gasteiger partial charge is 0.340 e. The Labute approximate surface area is 173 Å². The number of hydrogen-bond acceptors (Lipinski definition) is 6. The van der Waals surface area contributed by atoms with Crippen molar-refractivity contribution in [1.82, 2.24) is 9.97 Å². The maximum Gasteiger partial charge on any atom is 0.238 e. The van der Waals surface area contributed by atoms with Gasteiger partial charge in [-0.2, -0.15) is 0 Å². The first kappa shape index (κ1) is 18.3. The lowest BCUT2D eigenvalue weighted by molar-refractivity contribution is 0.598. The molecule has 27 heavy (non-hydrogen) atoms. The average molecular weight is 508 g/mol. The number of halogens is 1. The van der Waals surface area contributed by atoms with Gasteiger partial charge in [-0.05, 0) is 76.5 Å². The van der Waals surface area contributed by atoms with Gasteiger partial charge in [0.1, 0.15) is 5.82 Å². The first-order valence-corrected chi connectivity index (χ1v) is 11.3. The molecular formula is C18H13IN4O2S2. The van der Waals surface area contributed by atoms with Gasteiger partial charge >= 0.3 is 0 Å². The fourth-order valence-corrected chi connectivity index (χ4v) is 4.24. The smallest absolute Gasteiger partial charge is 0.238 e. The van der Waals surface area contributed by atoms with E-state index in [0.29, 0.717) is 17.3 Å². The third-order valence-corrected chi connectivity index (χ3v) is 6.31. The number of thiophene rings is 1. The van der Waals surface area contributed by atoms with Crippen molar-refractivity contribution >= 4 is 66.4 Å². The number of nitrogens with one attached hydrogen (secondary N) is 1. The molecule has 0 unspecified atom stereocenters. The molecule has 0 aliphatic heterocycles. The van der Waals surface area contributed by atoms with E-state index in [1.807, 2.05) is 35.7 Å². The third kappa shape index (κ3) is 3.95. The maximum absolute atomic E-state index is 11.4. The molecule has 9 heteroatoms. The summed E-state index contributed by atoms with van der Waals surface area (Å²) < 4.78 is 23.9. The number of aromatic nitrogens is 2. The van der Waals surface area contributed by atoms with Gasteiger partial charge in [-0.25, -0.2) is 23.5 Å². The molecule has 3 N–H and O–H groups in total. The van der Waals surface area contributed by atoms with Gasteiger partial charge in [-0.15, -0.1) is 11.3 Å². The molecule has 0 bridgehead atoms. The van der Waals surface area contributed by atoms with Crippen LogP contribution < -0.4 is 10.5 Å². The highest BCUT2D eigenvalue weighted by Crippen LogP contribution is 2.30. The van der Waals surface area contributed by atoms with Gasteiger partial charge in [0.05, 0.1) is 15.3 Å².